The van der Waals surface area contributed by atoms with Crippen LogP contribution in [0.5, 0.6) is 0 Å². The van der Waals surface area contributed by atoms with Gasteiger partial charge in [-0.1, -0.05) is 6.92 Å². The third-order valence-electron chi connectivity index (χ3n) is 4.50. The topological polar surface area (TPSA) is 52.6 Å². The summed E-state index contributed by atoms with van der Waals surface area (Å²) in [7, 11) is 0. The Bertz CT molecular complexity index is 283. The molecule has 1 amide bonds. The van der Waals surface area contributed by atoms with Crippen LogP contribution in [0.2, 0.25) is 0 Å². The minimum atomic E-state index is 0.244. The Hall–Kier alpha value is -0.610. The summed E-state index contributed by atoms with van der Waals surface area (Å²) >= 11 is 0. The third-order valence-corrected chi connectivity index (χ3v) is 4.50. The minimum absolute atomic E-state index is 0.244. The van der Waals surface area contributed by atoms with Gasteiger partial charge in [-0.25, -0.2) is 0 Å². The molecule has 2 fully saturated rings. The van der Waals surface area contributed by atoms with Crippen LogP contribution in [0.1, 0.15) is 39.0 Å². The molecule has 0 saturated carbocycles. The van der Waals surface area contributed by atoms with Crippen LogP contribution in [0.4, 0.5) is 0 Å². The lowest BCUT2D eigenvalue weighted by Crippen LogP contribution is -2.44. The number of amides is 1. The number of aliphatic hydroxyl groups is 1. The summed E-state index contributed by atoms with van der Waals surface area (Å²) in [6, 6.07) is 0.364. The van der Waals surface area contributed by atoms with E-state index in [0.717, 1.165) is 32.5 Å². The first-order valence-corrected chi connectivity index (χ1v) is 7.32. The molecule has 3 atom stereocenters. The van der Waals surface area contributed by atoms with E-state index in [-0.39, 0.29) is 6.61 Å². The predicted octanol–water partition coefficient (Wildman–Crippen LogP) is 0.995. The first kappa shape index (κ1) is 13.8. The summed E-state index contributed by atoms with van der Waals surface area (Å²) in [6.07, 6.45) is 5.00. The highest BCUT2D eigenvalue weighted by atomic mass is 16.3. The van der Waals surface area contributed by atoms with Crippen LogP contribution in [0.15, 0.2) is 0 Å². The largest absolute Gasteiger partial charge is 0.396 e. The zero-order valence-electron chi connectivity index (χ0n) is 11.4. The van der Waals surface area contributed by atoms with Crippen LogP contribution in [0, 0.1) is 11.8 Å². The van der Waals surface area contributed by atoms with Crippen molar-refractivity contribution in [3.05, 3.63) is 0 Å². The fraction of sp³-hybridized carbons (Fsp3) is 0.929. The highest BCUT2D eigenvalue weighted by Crippen LogP contribution is 2.23. The molecule has 0 aromatic heterocycles. The fourth-order valence-electron chi connectivity index (χ4n) is 3.18. The summed E-state index contributed by atoms with van der Waals surface area (Å²) in [5.41, 5.74) is 0. The number of piperidine rings is 1. The van der Waals surface area contributed by atoms with Crippen molar-refractivity contribution < 1.29 is 9.90 Å². The maximum Gasteiger partial charge on any atom is 0.224 e. The minimum Gasteiger partial charge on any atom is -0.396 e. The molecule has 0 aromatic rings. The van der Waals surface area contributed by atoms with Crippen molar-refractivity contribution in [3.8, 4) is 0 Å². The second kappa shape index (κ2) is 6.53. The van der Waals surface area contributed by atoms with E-state index in [1.165, 1.54) is 12.8 Å². The molecule has 2 N–H and O–H groups in total. The number of aliphatic hydroxyl groups excluding tert-OH is 1. The molecule has 3 unspecified atom stereocenters. The molecule has 2 heterocycles. The van der Waals surface area contributed by atoms with Crippen molar-refractivity contribution in [2.75, 3.05) is 26.2 Å². The monoisotopic (exact) mass is 254 g/mol. The van der Waals surface area contributed by atoms with Crippen LogP contribution in [0.25, 0.3) is 0 Å². The number of nitrogens with zero attached hydrogens (tertiary/aromatic N) is 1. The van der Waals surface area contributed by atoms with Gasteiger partial charge in [-0.15, -0.1) is 0 Å². The van der Waals surface area contributed by atoms with E-state index in [1.807, 2.05) is 4.90 Å². The molecule has 0 aromatic carbocycles. The second-order valence-electron chi connectivity index (χ2n) is 5.89. The van der Waals surface area contributed by atoms with E-state index >= 15 is 0 Å². The van der Waals surface area contributed by atoms with Crippen LogP contribution < -0.4 is 5.32 Å². The summed E-state index contributed by atoms with van der Waals surface area (Å²) in [5.74, 6) is 1.41. The van der Waals surface area contributed by atoms with Crippen molar-refractivity contribution in [1.82, 2.24) is 10.2 Å². The molecule has 0 spiro atoms. The second-order valence-corrected chi connectivity index (χ2v) is 5.89. The van der Waals surface area contributed by atoms with Crippen LogP contribution in [-0.2, 0) is 4.79 Å². The zero-order valence-corrected chi connectivity index (χ0v) is 11.4. The fourth-order valence-corrected chi connectivity index (χ4v) is 3.18. The lowest BCUT2D eigenvalue weighted by molar-refractivity contribution is -0.131. The summed E-state index contributed by atoms with van der Waals surface area (Å²) < 4.78 is 0. The number of likely N-dealkylation sites (tertiary alicyclic amines) is 1. The molecular formula is C14H26N2O2. The molecule has 0 radical (unpaired) electrons. The van der Waals surface area contributed by atoms with Gasteiger partial charge in [-0.2, -0.15) is 0 Å². The van der Waals surface area contributed by atoms with Gasteiger partial charge in [0.15, 0.2) is 0 Å². The van der Waals surface area contributed by atoms with Crippen molar-refractivity contribution in [3.63, 3.8) is 0 Å². The quantitative estimate of drug-likeness (QED) is 0.787. The molecule has 4 nitrogen and oxygen atoms in total. The van der Waals surface area contributed by atoms with Gasteiger partial charge in [-0.05, 0) is 44.1 Å². The Morgan fingerprint density at radius 2 is 2.28 bits per heavy atom. The summed E-state index contributed by atoms with van der Waals surface area (Å²) in [6.45, 7) is 5.26. The first-order valence-electron chi connectivity index (χ1n) is 7.32. The number of carbonyl (C=O) groups is 1. The normalized spacial score (nSPS) is 32.8. The average Bonchev–Trinajstić information content (AvgIpc) is 2.81. The summed E-state index contributed by atoms with van der Waals surface area (Å²) in [4.78, 5) is 14.2. The molecule has 104 valence electrons. The molecule has 2 saturated heterocycles. The lowest BCUT2D eigenvalue weighted by atomic mass is 9.90. The smallest absolute Gasteiger partial charge is 0.224 e. The Morgan fingerprint density at radius 3 is 3.00 bits per heavy atom. The molecule has 2 rings (SSSR count). The predicted molar refractivity (Wildman–Crippen MR) is 71.2 cm³/mol. The Morgan fingerprint density at radius 1 is 1.44 bits per heavy atom. The van der Waals surface area contributed by atoms with Gasteiger partial charge in [0.05, 0.1) is 0 Å². The van der Waals surface area contributed by atoms with Crippen molar-refractivity contribution in [1.29, 1.82) is 0 Å². The van der Waals surface area contributed by atoms with Crippen LogP contribution in [0.3, 0.4) is 0 Å². The molecule has 18 heavy (non-hydrogen) atoms. The van der Waals surface area contributed by atoms with Crippen molar-refractivity contribution in [2.24, 2.45) is 11.8 Å². The number of hydrogen-bond acceptors (Lipinski definition) is 3. The number of nitrogens with one attached hydrogen (secondary N) is 1. The van der Waals surface area contributed by atoms with Gasteiger partial charge in [0, 0.05) is 32.2 Å². The van der Waals surface area contributed by atoms with E-state index in [2.05, 4.69) is 12.2 Å². The molecule has 0 bridgehead atoms. The van der Waals surface area contributed by atoms with Crippen molar-refractivity contribution in [2.45, 2.75) is 45.1 Å². The number of hydrogen-bond donors (Lipinski definition) is 2. The number of rotatable bonds is 4. The highest BCUT2D eigenvalue weighted by Gasteiger charge is 2.29. The molecule has 0 aliphatic carbocycles. The Balaban J connectivity index is 1.77. The van der Waals surface area contributed by atoms with Crippen molar-refractivity contribution >= 4 is 5.91 Å². The lowest BCUT2D eigenvalue weighted by Gasteiger charge is -2.31. The first-order chi connectivity index (χ1) is 8.70. The Kier molecular flexibility index (Phi) is 5.01. The van der Waals surface area contributed by atoms with E-state index in [1.54, 1.807) is 0 Å². The maximum absolute atomic E-state index is 12.2. The summed E-state index contributed by atoms with van der Waals surface area (Å²) in [5, 5.41) is 12.4. The van der Waals surface area contributed by atoms with Crippen LogP contribution in [-0.4, -0.2) is 48.2 Å². The zero-order chi connectivity index (χ0) is 13.0. The molecule has 4 heteroatoms. The van der Waals surface area contributed by atoms with E-state index in [4.69, 9.17) is 5.11 Å². The van der Waals surface area contributed by atoms with E-state index in [9.17, 15) is 4.79 Å². The van der Waals surface area contributed by atoms with Crippen LogP contribution >= 0.6 is 0 Å². The average molecular weight is 254 g/mol. The SMILES string of the molecule is CC1CCCNC1CC(=O)N1CCC(CCO)C1. The maximum atomic E-state index is 12.2. The standard InChI is InChI=1S/C14H26N2O2/c1-11-3-2-6-15-13(11)9-14(18)16-7-4-12(10-16)5-8-17/h11-13,15,17H,2-10H2,1H3. The van der Waals surface area contributed by atoms with Gasteiger partial charge in [0.2, 0.25) is 5.91 Å². The third kappa shape index (κ3) is 3.45. The van der Waals surface area contributed by atoms with Gasteiger partial charge in [0.1, 0.15) is 0 Å². The number of carbonyl (C=O) groups excluding carboxylic acids is 1. The molecule has 2 aliphatic heterocycles. The van der Waals surface area contributed by atoms with Gasteiger partial charge in [-0.3, -0.25) is 4.79 Å². The van der Waals surface area contributed by atoms with Gasteiger partial charge in [0.25, 0.3) is 0 Å². The van der Waals surface area contributed by atoms with E-state index < -0.39 is 0 Å². The Labute approximate surface area is 110 Å². The molecule has 2 aliphatic rings. The van der Waals surface area contributed by atoms with Gasteiger partial charge >= 0.3 is 0 Å². The van der Waals surface area contributed by atoms with Gasteiger partial charge < -0.3 is 15.3 Å². The highest BCUT2D eigenvalue weighted by molar-refractivity contribution is 5.77. The van der Waals surface area contributed by atoms with E-state index in [0.29, 0.717) is 30.2 Å². The molecular weight excluding hydrogens is 228 g/mol.